The molecule has 2 aromatic rings. The average Bonchev–Trinajstić information content (AvgIpc) is 3.51. The van der Waals surface area contributed by atoms with Crippen LogP contribution in [0.2, 0.25) is 0 Å². The van der Waals surface area contributed by atoms with Gasteiger partial charge in [0.05, 0.1) is 12.5 Å². The van der Waals surface area contributed by atoms with E-state index in [1.165, 1.54) is 11.1 Å². The fourth-order valence-electron chi connectivity index (χ4n) is 5.95. The lowest BCUT2D eigenvalue weighted by molar-refractivity contribution is -0.133. The zero-order valence-corrected chi connectivity index (χ0v) is 18.5. The summed E-state index contributed by atoms with van der Waals surface area (Å²) in [6.07, 6.45) is 7.95. The van der Waals surface area contributed by atoms with Crippen LogP contribution >= 0.6 is 0 Å². The number of ether oxygens (including phenoxy) is 1. The predicted octanol–water partition coefficient (Wildman–Crippen LogP) is 3.04. The van der Waals surface area contributed by atoms with Crippen LogP contribution < -0.4 is 4.74 Å². The molecule has 0 N–H and O–H groups in total. The van der Waals surface area contributed by atoms with Gasteiger partial charge in [-0.3, -0.25) is 24.3 Å². The molecule has 0 spiro atoms. The van der Waals surface area contributed by atoms with Gasteiger partial charge in [0.2, 0.25) is 0 Å². The molecule has 3 atom stereocenters. The topological polar surface area (TPSA) is 79.8 Å². The molecule has 0 bridgehead atoms. The number of Topliss-reactive ketones (excluding diaryl/α,β-unsaturated/α-hetero) is 2. The zero-order valence-electron chi connectivity index (χ0n) is 18.5. The van der Waals surface area contributed by atoms with Crippen molar-refractivity contribution < 1.29 is 19.1 Å². The van der Waals surface area contributed by atoms with Gasteiger partial charge >= 0.3 is 0 Å². The number of pyridine rings is 1. The first-order valence-electron chi connectivity index (χ1n) is 11.9. The lowest BCUT2D eigenvalue weighted by Crippen LogP contribution is -2.44. The largest absolute Gasteiger partial charge is 0.489 e. The van der Waals surface area contributed by atoms with Gasteiger partial charge in [0.25, 0.3) is 5.91 Å². The number of carbonyl (C=O) groups is 3. The predicted molar refractivity (Wildman–Crippen MR) is 120 cm³/mol. The van der Waals surface area contributed by atoms with Crippen molar-refractivity contribution in [2.24, 2.45) is 0 Å². The van der Waals surface area contributed by atoms with Crippen LogP contribution in [-0.2, 0) is 29.2 Å². The first-order valence-corrected chi connectivity index (χ1v) is 11.9. The molecule has 3 unspecified atom stereocenters. The summed E-state index contributed by atoms with van der Waals surface area (Å²) in [4.78, 5) is 45.3. The molecule has 0 radical (unpaired) electrons. The average molecular weight is 446 g/mol. The quantitative estimate of drug-likeness (QED) is 0.673. The van der Waals surface area contributed by atoms with Crippen LogP contribution in [0.3, 0.4) is 0 Å². The second-order valence-electron chi connectivity index (χ2n) is 9.69. The van der Waals surface area contributed by atoms with Gasteiger partial charge in [-0.15, -0.1) is 0 Å². The molecule has 3 heterocycles. The number of benzene rings is 1. The number of nitrogens with zero attached hydrogens (tertiary/aromatic N) is 3. The Morgan fingerprint density at radius 3 is 2.67 bits per heavy atom. The molecule has 4 aliphatic rings. The standard InChI is InChI=1S/C26H27N3O4/c30-19-4-7-22(24(31)11-19)29-15-17-10-20(5-6-21(17)26(29)32)33-25-3-1-2-23(25)28-13-16-8-9-27-12-18(16)14-28/h5-6,8-10,12,22-23,25H,1-4,7,11,13-15H2. The van der Waals surface area contributed by atoms with Crippen LogP contribution in [0.1, 0.15) is 65.6 Å². The van der Waals surface area contributed by atoms with E-state index >= 15 is 0 Å². The number of hydrogen-bond acceptors (Lipinski definition) is 6. The maximum absolute atomic E-state index is 12.9. The van der Waals surface area contributed by atoms with Crippen LogP contribution in [0.25, 0.3) is 0 Å². The molecule has 7 heteroatoms. The molecule has 33 heavy (non-hydrogen) atoms. The summed E-state index contributed by atoms with van der Waals surface area (Å²) >= 11 is 0. The fourth-order valence-corrected chi connectivity index (χ4v) is 5.95. The highest BCUT2D eigenvalue weighted by atomic mass is 16.5. The Hall–Kier alpha value is -3.06. The van der Waals surface area contributed by atoms with E-state index in [1.807, 2.05) is 30.6 Å². The van der Waals surface area contributed by atoms with Gasteiger partial charge in [0, 0.05) is 50.1 Å². The van der Waals surface area contributed by atoms with Crippen LogP contribution in [0.15, 0.2) is 36.7 Å². The molecule has 2 aliphatic carbocycles. The smallest absolute Gasteiger partial charge is 0.255 e. The van der Waals surface area contributed by atoms with Gasteiger partial charge in [-0.05, 0) is 66.6 Å². The number of carbonyl (C=O) groups excluding carboxylic acids is 3. The molecule has 170 valence electrons. The summed E-state index contributed by atoms with van der Waals surface area (Å²) < 4.78 is 6.48. The number of aromatic nitrogens is 1. The minimum atomic E-state index is -0.488. The molecular weight excluding hydrogens is 418 g/mol. The Morgan fingerprint density at radius 2 is 1.82 bits per heavy atom. The van der Waals surface area contributed by atoms with Crippen LogP contribution in [0, 0.1) is 0 Å². The van der Waals surface area contributed by atoms with Gasteiger partial charge in [-0.1, -0.05) is 0 Å². The number of hydrogen-bond donors (Lipinski definition) is 0. The molecule has 2 fully saturated rings. The van der Waals surface area contributed by atoms with Crippen molar-refractivity contribution in [1.82, 2.24) is 14.8 Å². The number of ketones is 2. The van der Waals surface area contributed by atoms with Crippen molar-refractivity contribution in [3.05, 3.63) is 58.9 Å². The Bertz CT molecular complexity index is 1120. The summed E-state index contributed by atoms with van der Waals surface area (Å²) in [6.45, 7) is 2.26. The van der Waals surface area contributed by atoms with E-state index in [2.05, 4.69) is 16.0 Å². The highest BCUT2D eigenvalue weighted by Gasteiger charge is 2.40. The van der Waals surface area contributed by atoms with E-state index in [-0.39, 0.29) is 30.0 Å². The van der Waals surface area contributed by atoms with E-state index < -0.39 is 6.04 Å². The first kappa shape index (κ1) is 20.5. The lowest BCUT2D eigenvalue weighted by Gasteiger charge is -2.29. The van der Waals surface area contributed by atoms with Crippen molar-refractivity contribution in [3.63, 3.8) is 0 Å². The van der Waals surface area contributed by atoms with E-state index in [4.69, 9.17) is 4.74 Å². The molecule has 2 saturated carbocycles. The minimum Gasteiger partial charge on any atom is -0.489 e. The third kappa shape index (κ3) is 3.64. The maximum Gasteiger partial charge on any atom is 0.255 e. The van der Waals surface area contributed by atoms with E-state index in [0.717, 1.165) is 43.7 Å². The molecule has 6 rings (SSSR count). The Kier molecular flexibility index (Phi) is 5.02. The van der Waals surface area contributed by atoms with E-state index in [9.17, 15) is 14.4 Å². The van der Waals surface area contributed by atoms with Crippen molar-refractivity contribution >= 4 is 17.5 Å². The van der Waals surface area contributed by atoms with E-state index in [1.54, 1.807) is 4.90 Å². The summed E-state index contributed by atoms with van der Waals surface area (Å²) in [6, 6.07) is 7.65. The third-order valence-electron chi connectivity index (χ3n) is 7.65. The van der Waals surface area contributed by atoms with Crippen molar-refractivity contribution in [1.29, 1.82) is 0 Å². The number of rotatable bonds is 4. The summed E-state index contributed by atoms with van der Waals surface area (Å²) in [5.74, 6) is 0.495. The van der Waals surface area contributed by atoms with Crippen molar-refractivity contribution in [2.75, 3.05) is 0 Å². The molecule has 2 aliphatic heterocycles. The van der Waals surface area contributed by atoms with Gasteiger partial charge in [0.1, 0.15) is 17.6 Å². The number of fused-ring (bicyclic) bond motifs is 2. The van der Waals surface area contributed by atoms with Crippen molar-refractivity contribution in [3.8, 4) is 5.75 Å². The Balaban J connectivity index is 1.16. The van der Waals surface area contributed by atoms with E-state index in [0.29, 0.717) is 31.0 Å². The van der Waals surface area contributed by atoms with Gasteiger partial charge in [-0.2, -0.15) is 0 Å². The van der Waals surface area contributed by atoms with Crippen LogP contribution in [-0.4, -0.2) is 50.4 Å². The van der Waals surface area contributed by atoms with Gasteiger partial charge in [0.15, 0.2) is 5.78 Å². The molecule has 1 amide bonds. The summed E-state index contributed by atoms with van der Waals surface area (Å²) in [5.41, 5.74) is 4.19. The molecule has 1 aromatic heterocycles. The second-order valence-corrected chi connectivity index (χ2v) is 9.69. The minimum absolute atomic E-state index is 0.0282. The zero-order chi connectivity index (χ0) is 22.5. The maximum atomic E-state index is 12.9. The SMILES string of the molecule is O=C1CCC(N2Cc3cc(OC4CCCC4N4Cc5ccncc5C4)ccc3C2=O)C(=O)C1. The Labute approximate surface area is 192 Å². The summed E-state index contributed by atoms with van der Waals surface area (Å²) in [5, 5.41) is 0. The highest BCUT2D eigenvalue weighted by molar-refractivity contribution is 6.07. The molecular formula is C26H27N3O4. The van der Waals surface area contributed by atoms with Crippen LogP contribution in [0.4, 0.5) is 0 Å². The second kappa shape index (κ2) is 8.06. The van der Waals surface area contributed by atoms with Crippen molar-refractivity contribution in [2.45, 2.75) is 76.3 Å². The Morgan fingerprint density at radius 1 is 0.939 bits per heavy atom. The lowest BCUT2D eigenvalue weighted by atomic mass is 9.92. The third-order valence-corrected chi connectivity index (χ3v) is 7.65. The highest BCUT2D eigenvalue weighted by Crippen LogP contribution is 2.36. The van der Waals surface area contributed by atoms with Gasteiger partial charge < -0.3 is 9.64 Å². The molecule has 7 nitrogen and oxygen atoms in total. The monoisotopic (exact) mass is 445 g/mol. The normalized spacial score (nSPS) is 27.2. The molecule has 0 saturated heterocycles. The fraction of sp³-hybridized carbons (Fsp3) is 0.462. The summed E-state index contributed by atoms with van der Waals surface area (Å²) in [7, 11) is 0. The molecule has 1 aromatic carbocycles. The van der Waals surface area contributed by atoms with Crippen LogP contribution in [0.5, 0.6) is 5.75 Å². The van der Waals surface area contributed by atoms with Gasteiger partial charge in [-0.25, -0.2) is 0 Å². The number of amides is 1. The first-order chi connectivity index (χ1) is 16.1.